The third kappa shape index (κ3) is 6.63. The van der Waals surface area contributed by atoms with E-state index < -0.39 is 0 Å². The van der Waals surface area contributed by atoms with Crippen molar-refractivity contribution in [2.45, 2.75) is 26.2 Å². The maximum absolute atomic E-state index is 12.6. The van der Waals surface area contributed by atoms with Crippen LogP contribution < -0.4 is 14.8 Å². The Bertz CT molecular complexity index is 960. The molecule has 0 atom stereocenters. The largest absolute Gasteiger partial charge is 0.494 e. The predicted octanol–water partition coefficient (Wildman–Crippen LogP) is 6.50. The van der Waals surface area contributed by atoms with Gasteiger partial charge in [-0.25, -0.2) is 0 Å². The van der Waals surface area contributed by atoms with Crippen LogP contribution in [-0.4, -0.2) is 19.1 Å². The van der Waals surface area contributed by atoms with Crippen LogP contribution >= 0.6 is 15.9 Å². The molecular formula is C25H26BrNO3. The van der Waals surface area contributed by atoms with Crippen LogP contribution in [0.15, 0.2) is 77.3 Å². The Hall–Kier alpha value is -2.79. The maximum atomic E-state index is 12.6. The zero-order valence-corrected chi connectivity index (χ0v) is 18.7. The summed E-state index contributed by atoms with van der Waals surface area (Å²) in [6, 6.07) is 23.2. The SMILES string of the molecule is CCCOc1ccc(C(=O)Nc2cccc(OCCCc3ccccc3)c2)cc1Br. The lowest BCUT2D eigenvalue weighted by Gasteiger charge is -2.11. The number of rotatable bonds is 10. The quantitative estimate of drug-likeness (QED) is 0.346. The van der Waals surface area contributed by atoms with Crippen LogP contribution in [0.3, 0.4) is 0 Å². The lowest BCUT2D eigenvalue weighted by Crippen LogP contribution is -2.12. The molecule has 3 aromatic carbocycles. The Morgan fingerprint density at radius 1 is 0.933 bits per heavy atom. The number of aryl methyl sites for hydroxylation is 1. The molecule has 3 rings (SSSR count). The second kappa shape index (κ2) is 11.4. The van der Waals surface area contributed by atoms with E-state index in [4.69, 9.17) is 9.47 Å². The van der Waals surface area contributed by atoms with Gasteiger partial charge in [-0.05, 0) is 71.1 Å². The fourth-order valence-electron chi connectivity index (χ4n) is 2.95. The van der Waals surface area contributed by atoms with Gasteiger partial charge in [0.15, 0.2) is 0 Å². The molecule has 0 saturated carbocycles. The first-order valence-corrected chi connectivity index (χ1v) is 11.0. The van der Waals surface area contributed by atoms with Gasteiger partial charge in [-0.15, -0.1) is 0 Å². The van der Waals surface area contributed by atoms with Gasteiger partial charge < -0.3 is 14.8 Å². The fraction of sp³-hybridized carbons (Fsp3) is 0.240. The van der Waals surface area contributed by atoms with Crippen molar-refractivity contribution in [3.8, 4) is 11.5 Å². The number of amides is 1. The molecule has 0 aliphatic heterocycles. The van der Waals surface area contributed by atoms with Crippen LogP contribution in [0.1, 0.15) is 35.7 Å². The van der Waals surface area contributed by atoms with Crippen LogP contribution in [0.25, 0.3) is 0 Å². The van der Waals surface area contributed by atoms with E-state index in [1.54, 1.807) is 18.2 Å². The van der Waals surface area contributed by atoms with Gasteiger partial charge in [-0.3, -0.25) is 4.79 Å². The number of anilines is 1. The van der Waals surface area contributed by atoms with E-state index in [-0.39, 0.29) is 5.91 Å². The molecule has 156 valence electrons. The summed E-state index contributed by atoms with van der Waals surface area (Å²) < 4.78 is 12.3. The number of ether oxygens (including phenoxy) is 2. The molecule has 5 heteroatoms. The highest BCUT2D eigenvalue weighted by Crippen LogP contribution is 2.27. The van der Waals surface area contributed by atoms with Crippen molar-refractivity contribution in [2.75, 3.05) is 18.5 Å². The molecule has 0 spiro atoms. The third-order valence-electron chi connectivity index (χ3n) is 4.47. The Morgan fingerprint density at radius 3 is 2.53 bits per heavy atom. The third-order valence-corrected chi connectivity index (χ3v) is 5.09. The number of benzene rings is 3. The molecule has 30 heavy (non-hydrogen) atoms. The molecule has 4 nitrogen and oxygen atoms in total. The molecule has 0 unspecified atom stereocenters. The highest BCUT2D eigenvalue weighted by atomic mass is 79.9. The van der Waals surface area contributed by atoms with Crippen LogP contribution in [0, 0.1) is 0 Å². The minimum atomic E-state index is -0.182. The summed E-state index contributed by atoms with van der Waals surface area (Å²) >= 11 is 3.47. The van der Waals surface area contributed by atoms with Gasteiger partial charge in [0.25, 0.3) is 5.91 Å². The van der Waals surface area contributed by atoms with Gasteiger partial charge in [-0.2, -0.15) is 0 Å². The van der Waals surface area contributed by atoms with Crippen LogP contribution in [0.5, 0.6) is 11.5 Å². The average Bonchev–Trinajstić information content (AvgIpc) is 2.77. The van der Waals surface area contributed by atoms with E-state index in [0.29, 0.717) is 24.5 Å². The first-order valence-electron chi connectivity index (χ1n) is 10.2. The van der Waals surface area contributed by atoms with Crippen molar-refractivity contribution in [2.24, 2.45) is 0 Å². The smallest absolute Gasteiger partial charge is 0.255 e. The van der Waals surface area contributed by atoms with E-state index in [0.717, 1.165) is 35.2 Å². The van der Waals surface area contributed by atoms with Gasteiger partial charge in [0.05, 0.1) is 17.7 Å². The summed E-state index contributed by atoms with van der Waals surface area (Å²) in [7, 11) is 0. The minimum absolute atomic E-state index is 0.182. The Kier molecular flexibility index (Phi) is 8.33. The second-order valence-corrected chi connectivity index (χ2v) is 7.77. The van der Waals surface area contributed by atoms with Gasteiger partial charge in [0.1, 0.15) is 11.5 Å². The standard InChI is InChI=1S/C25H26BrNO3/c1-2-15-30-24-14-13-20(17-23(24)26)25(28)27-21-11-6-12-22(18-21)29-16-7-10-19-8-4-3-5-9-19/h3-6,8-9,11-14,17-18H,2,7,10,15-16H2,1H3,(H,27,28). The Balaban J connectivity index is 1.53. The van der Waals surface area contributed by atoms with Gasteiger partial charge in [0, 0.05) is 17.3 Å². The number of hydrogen-bond acceptors (Lipinski definition) is 3. The summed E-state index contributed by atoms with van der Waals surface area (Å²) in [5.74, 6) is 1.30. The van der Waals surface area contributed by atoms with Crippen molar-refractivity contribution in [3.05, 3.63) is 88.4 Å². The van der Waals surface area contributed by atoms with E-state index in [9.17, 15) is 4.79 Å². The van der Waals surface area contributed by atoms with E-state index in [1.165, 1.54) is 5.56 Å². The Labute approximate surface area is 186 Å². The predicted molar refractivity (Wildman–Crippen MR) is 125 cm³/mol. The first kappa shape index (κ1) is 21.9. The zero-order chi connectivity index (χ0) is 21.2. The van der Waals surface area contributed by atoms with E-state index in [1.807, 2.05) is 42.5 Å². The van der Waals surface area contributed by atoms with E-state index in [2.05, 4.69) is 40.3 Å². The number of halogens is 1. The zero-order valence-electron chi connectivity index (χ0n) is 17.1. The van der Waals surface area contributed by atoms with Crippen LogP contribution in [0.4, 0.5) is 5.69 Å². The molecular weight excluding hydrogens is 442 g/mol. The molecule has 3 aromatic rings. The van der Waals surface area contributed by atoms with Gasteiger partial charge in [-0.1, -0.05) is 43.3 Å². The monoisotopic (exact) mass is 467 g/mol. The normalized spacial score (nSPS) is 10.5. The van der Waals surface area contributed by atoms with Crippen molar-refractivity contribution in [1.82, 2.24) is 0 Å². The lowest BCUT2D eigenvalue weighted by atomic mass is 10.1. The fourth-order valence-corrected chi connectivity index (χ4v) is 3.44. The first-order chi connectivity index (χ1) is 14.7. The number of hydrogen-bond donors (Lipinski definition) is 1. The summed E-state index contributed by atoms with van der Waals surface area (Å²) in [5, 5.41) is 2.92. The average molecular weight is 468 g/mol. The van der Waals surface area contributed by atoms with Crippen molar-refractivity contribution in [3.63, 3.8) is 0 Å². The number of carbonyl (C=O) groups is 1. The lowest BCUT2D eigenvalue weighted by molar-refractivity contribution is 0.102. The molecule has 1 N–H and O–H groups in total. The van der Waals surface area contributed by atoms with Crippen molar-refractivity contribution >= 4 is 27.5 Å². The molecule has 0 heterocycles. The topological polar surface area (TPSA) is 47.6 Å². The van der Waals surface area contributed by atoms with Gasteiger partial charge in [0.2, 0.25) is 0 Å². The molecule has 0 fully saturated rings. The molecule has 0 saturated heterocycles. The maximum Gasteiger partial charge on any atom is 0.255 e. The number of carbonyl (C=O) groups excluding carboxylic acids is 1. The molecule has 0 radical (unpaired) electrons. The van der Waals surface area contributed by atoms with Gasteiger partial charge >= 0.3 is 0 Å². The second-order valence-electron chi connectivity index (χ2n) is 6.91. The van der Waals surface area contributed by atoms with Crippen molar-refractivity contribution < 1.29 is 14.3 Å². The highest BCUT2D eigenvalue weighted by molar-refractivity contribution is 9.10. The summed E-state index contributed by atoms with van der Waals surface area (Å²) in [4.78, 5) is 12.6. The summed E-state index contributed by atoms with van der Waals surface area (Å²) in [6.07, 6.45) is 2.84. The summed E-state index contributed by atoms with van der Waals surface area (Å²) in [6.45, 7) is 3.32. The molecule has 0 aromatic heterocycles. The molecule has 0 aliphatic rings. The van der Waals surface area contributed by atoms with Crippen molar-refractivity contribution in [1.29, 1.82) is 0 Å². The van der Waals surface area contributed by atoms with E-state index >= 15 is 0 Å². The molecule has 0 bridgehead atoms. The minimum Gasteiger partial charge on any atom is -0.494 e. The molecule has 1 amide bonds. The highest BCUT2D eigenvalue weighted by Gasteiger charge is 2.10. The van der Waals surface area contributed by atoms with Crippen LogP contribution in [-0.2, 0) is 6.42 Å². The number of nitrogens with one attached hydrogen (secondary N) is 1. The Morgan fingerprint density at radius 2 is 1.77 bits per heavy atom. The van der Waals surface area contributed by atoms with Crippen LogP contribution in [0.2, 0.25) is 0 Å². The molecule has 0 aliphatic carbocycles. The summed E-state index contributed by atoms with van der Waals surface area (Å²) in [5.41, 5.74) is 2.56.